The summed E-state index contributed by atoms with van der Waals surface area (Å²) < 4.78 is 0. The summed E-state index contributed by atoms with van der Waals surface area (Å²) in [5.41, 5.74) is 1.81. The predicted octanol–water partition coefficient (Wildman–Crippen LogP) is 3.17. The van der Waals surface area contributed by atoms with Gasteiger partial charge in [0, 0.05) is 12.2 Å². The molecule has 0 aliphatic carbocycles. The van der Waals surface area contributed by atoms with Gasteiger partial charge in [-0.05, 0) is 30.9 Å². The first kappa shape index (κ1) is 13.0. The third kappa shape index (κ3) is 3.86. The number of hydrogen-bond acceptors (Lipinski definition) is 2. The Morgan fingerprint density at radius 1 is 1.06 bits per heavy atom. The van der Waals surface area contributed by atoms with Crippen LogP contribution in [0, 0.1) is 0 Å². The summed E-state index contributed by atoms with van der Waals surface area (Å²) in [6, 6.07) is 8.26. The summed E-state index contributed by atoms with van der Waals surface area (Å²) in [6.07, 6.45) is 0. The van der Waals surface area contributed by atoms with Crippen molar-refractivity contribution < 1.29 is 5.11 Å². The average Bonchev–Trinajstić information content (AvgIpc) is 2.12. The lowest BCUT2D eigenvalue weighted by Gasteiger charge is -2.25. The number of rotatable bonds is 3. The number of nitrogens with one attached hydrogen (secondary N) is 1. The van der Waals surface area contributed by atoms with Crippen LogP contribution in [0.3, 0.4) is 0 Å². The fourth-order valence-electron chi connectivity index (χ4n) is 1.60. The molecule has 0 aromatic heterocycles. The smallest absolute Gasteiger partial charge is 0.0763 e. The van der Waals surface area contributed by atoms with Crippen LogP contribution in [0.5, 0.6) is 0 Å². The van der Waals surface area contributed by atoms with Gasteiger partial charge in [0.15, 0.2) is 0 Å². The number of hydrogen-bond donors (Lipinski definition) is 2. The van der Waals surface area contributed by atoms with Gasteiger partial charge in [0.2, 0.25) is 0 Å². The molecule has 0 heterocycles. The number of benzene rings is 1. The fourth-order valence-corrected chi connectivity index (χ4v) is 1.60. The Kier molecular flexibility index (Phi) is 3.64. The van der Waals surface area contributed by atoms with E-state index in [2.05, 4.69) is 44.3 Å². The van der Waals surface area contributed by atoms with Crippen molar-refractivity contribution in [1.82, 2.24) is 0 Å². The van der Waals surface area contributed by atoms with Gasteiger partial charge in [-0.1, -0.05) is 39.0 Å². The zero-order chi connectivity index (χ0) is 12.4. The molecule has 1 aromatic carbocycles. The van der Waals surface area contributed by atoms with Crippen molar-refractivity contribution in [3.63, 3.8) is 0 Å². The second-order valence-corrected chi connectivity index (χ2v) is 5.96. The average molecular weight is 221 g/mol. The first-order valence-electron chi connectivity index (χ1n) is 5.76. The highest BCUT2D eigenvalue weighted by Gasteiger charge is 2.19. The summed E-state index contributed by atoms with van der Waals surface area (Å²) in [6.45, 7) is 10.7. The fraction of sp³-hybridized carbons (Fsp3) is 0.571. The van der Waals surface area contributed by atoms with E-state index in [-0.39, 0.29) is 5.41 Å². The second-order valence-electron chi connectivity index (χ2n) is 5.96. The molecule has 2 N–H and O–H groups in total. The monoisotopic (exact) mass is 221 g/mol. The molecule has 0 amide bonds. The Morgan fingerprint density at radius 3 is 2.12 bits per heavy atom. The predicted molar refractivity (Wildman–Crippen MR) is 69.9 cm³/mol. The molecule has 1 aromatic rings. The zero-order valence-electron chi connectivity index (χ0n) is 11.0. The first-order valence-corrected chi connectivity index (χ1v) is 5.76. The van der Waals surface area contributed by atoms with Crippen molar-refractivity contribution in [1.29, 1.82) is 0 Å². The lowest BCUT2D eigenvalue weighted by Crippen LogP contribution is -2.30. The molecule has 0 saturated heterocycles. The molecular weight excluding hydrogens is 198 g/mol. The largest absolute Gasteiger partial charge is 0.389 e. The van der Waals surface area contributed by atoms with Crippen molar-refractivity contribution in [3.05, 3.63) is 29.8 Å². The molecular formula is C14H23NO. The summed E-state index contributed by atoms with van der Waals surface area (Å²) in [5.74, 6) is 0. The van der Waals surface area contributed by atoms with Gasteiger partial charge in [-0.25, -0.2) is 0 Å². The van der Waals surface area contributed by atoms with Crippen LogP contribution < -0.4 is 5.32 Å². The Balaban J connectivity index is 2.88. The van der Waals surface area contributed by atoms with Crippen molar-refractivity contribution >= 4 is 5.69 Å². The van der Waals surface area contributed by atoms with Gasteiger partial charge < -0.3 is 10.4 Å². The SMILES string of the molecule is CC(C)(O)CNc1ccccc1C(C)(C)C. The van der Waals surface area contributed by atoms with Gasteiger partial charge in [0.05, 0.1) is 5.60 Å². The van der Waals surface area contributed by atoms with E-state index in [1.54, 1.807) is 13.8 Å². The molecule has 0 radical (unpaired) electrons. The molecule has 0 aliphatic rings. The van der Waals surface area contributed by atoms with Crippen LogP contribution in [0.1, 0.15) is 40.2 Å². The van der Waals surface area contributed by atoms with Crippen LogP contribution in [0.25, 0.3) is 0 Å². The van der Waals surface area contributed by atoms with Crippen LogP contribution in [0.4, 0.5) is 5.69 Å². The lowest BCUT2D eigenvalue weighted by molar-refractivity contribution is 0.0945. The van der Waals surface area contributed by atoms with Crippen molar-refractivity contribution in [2.75, 3.05) is 11.9 Å². The minimum atomic E-state index is -0.689. The van der Waals surface area contributed by atoms with Crippen LogP contribution in [0.15, 0.2) is 24.3 Å². The Hall–Kier alpha value is -1.02. The highest BCUT2D eigenvalue weighted by Crippen LogP contribution is 2.29. The van der Waals surface area contributed by atoms with E-state index < -0.39 is 5.60 Å². The van der Waals surface area contributed by atoms with Gasteiger partial charge in [-0.2, -0.15) is 0 Å². The normalized spacial score (nSPS) is 12.6. The third-order valence-electron chi connectivity index (χ3n) is 2.45. The highest BCUT2D eigenvalue weighted by atomic mass is 16.3. The summed E-state index contributed by atoms with van der Waals surface area (Å²) in [7, 11) is 0. The standard InChI is InChI=1S/C14H23NO/c1-13(2,3)11-8-6-7-9-12(11)15-10-14(4,5)16/h6-9,15-16H,10H2,1-5H3. The molecule has 2 heteroatoms. The maximum Gasteiger partial charge on any atom is 0.0763 e. The van der Waals surface area contributed by atoms with Crippen molar-refractivity contribution in [2.45, 2.75) is 45.6 Å². The van der Waals surface area contributed by atoms with E-state index >= 15 is 0 Å². The highest BCUT2D eigenvalue weighted by molar-refractivity contribution is 5.54. The maximum absolute atomic E-state index is 9.71. The number of para-hydroxylation sites is 1. The molecule has 0 saturated carbocycles. The van der Waals surface area contributed by atoms with Crippen LogP contribution >= 0.6 is 0 Å². The maximum atomic E-state index is 9.71. The summed E-state index contributed by atoms with van der Waals surface area (Å²) >= 11 is 0. The molecule has 0 unspecified atom stereocenters. The topological polar surface area (TPSA) is 32.3 Å². The zero-order valence-corrected chi connectivity index (χ0v) is 11.0. The van der Waals surface area contributed by atoms with E-state index in [9.17, 15) is 5.11 Å². The molecule has 2 nitrogen and oxygen atoms in total. The minimum absolute atomic E-state index is 0.114. The van der Waals surface area contributed by atoms with Crippen LogP contribution in [-0.2, 0) is 5.41 Å². The molecule has 0 aliphatic heterocycles. The van der Waals surface area contributed by atoms with Gasteiger partial charge in [-0.15, -0.1) is 0 Å². The molecule has 0 atom stereocenters. The Labute approximate surface area is 98.7 Å². The lowest BCUT2D eigenvalue weighted by atomic mass is 9.85. The summed E-state index contributed by atoms with van der Waals surface area (Å²) in [4.78, 5) is 0. The van der Waals surface area contributed by atoms with Gasteiger partial charge in [-0.3, -0.25) is 0 Å². The Bertz CT molecular complexity index is 344. The molecule has 90 valence electrons. The van der Waals surface area contributed by atoms with E-state index in [1.165, 1.54) is 5.56 Å². The number of aliphatic hydroxyl groups is 1. The molecule has 16 heavy (non-hydrogen) atoms. The van der Waals surface area contributed by atoms with Gasteiger partial charge in [0.25, 0.3) is 0 Å². The molecule has 0 fully saturated rings. The second kappa shape index (κ2) is 4.46. The minimum Gasteiger partial charge on any atom is -0.389 e. The third-order valence-corrected chi connectivity index (χ3v) is 2.45. The van der Waals surface area contributed by atoms with E-state index in [4.69, 9.17) is 0 Å². The van der Waals surface area contributed by atoms with E-state index in [0.29, 0.717) is 6.54 Å². The van der Waals surface area contributed by atoms with Gasteiger partial charge in [0.1, 0.15) is 0 Å². The molecule has 0 spiro atoms. The molecule has 1 rings (SSSR count). The van der Waals surface area contributed by atoms with E-state index in [1.807, 2.05) is 6.07 Å². The molecule has 0 bridgehead atoms. The van der Waals surface area contributed by atoms with Crippen LogP contribution in [0.2, 0.25) is 0 Å². The van der Waals surface area contributed by atoms with Crippen molar-refractivity contribution in [2.24, 2.45) is 0 Å². The summed E-state index contributed by atoms with van der Waals surface area (Å²) in [5, 5.41) is 13.0. The van der Waals surface area contributed by atoms with Crippen LogP contribution in [-0.4, -0.2) is 17.3 Å². The van der Waals surface area contributed by atoms with Crippen molar-refractivity contribution in [3.8, 4) is 0 Å². The Morgan fingerprint density at radius 2 is 1.62 bits per heavy atom. The quantitative estimate of drug-likeness (QED) is 0.821. The first-order chi connectivity index (χ1) is 7.20. The van der Waals surface area contributed by atoms with E-state index in [0.717, 1.165) is 5.69 Å². The number of anilines is 1. The van der Waals surface area contributed by atoms with Gasteiger partial charge >= 0.3 is 0 Å².